The molecule has 2 amide bonds. The van der Waals surface area contributed by atoms with Crippen LogP contribution >= 0.6 is 23.2 Å². The van der Waals surface area contributed by atoms with Gasteiger partial charge in [0.05, 0.1) is 22.3 Å². The summed E-state index contributed by atoms with van der Waals surface area (Å²) in [7, 11) is 0. The standard InChI is InChI=1S/C24H27Cl2F2N3O2/c1-3-30(4-2)14-22(32)29-18-11-19(25)24(20(26)12-18)31-13-15(5-8-23(31)33)9-16-6-7-17(27)10-21(16)28/h6-7,10-12,15H,3-5,8-9,13-14H2,1-2H3,(H,29,32). The van der Waals surface area contributed by atoms with Crippen molar-refractivity contribution in [2.45, 2.75) is 33.1 Å². The van der Waals surface area contributed by atoms with E-state index in [0.29, 0.717) is 36.3 Å². The van der Waals surface area contributed by atoms with Gasteiger partial charge in [-0.1, -0.05) is 43.1 Å². The number of nitrogens with one attached hydrogen (secondary N) is 1. The van der Waals surface area contributed by atoms with Crippen molar-refractivity contribution in [1.82, 2.24) is 4.90 Å². The number of benzene rings is 2. The molecular formula is C24H27Cl2F2N3O2. The van der Waals surface area contributed by atoms with Crippen LogP contribution in [0.3, 0.4) is 0 Å². The normalized spacial score (nSPS) is 16.4. The molecule has 33 heavy (non-hydrogen) atoms. The average Bonchev–Trinajstić information content (AvgIpc) is 2.75. The first-order chi connectivity index (χ1) is 15.7. The predicted octanol–water partition coefficient (Wildman–Crippen LogP) is 5.54. The summed E-state index contributed by atoms with van der Waals surface area (Å²) in [6, 6.07) is 6.66. The molecule has 2 aromatic rings. The third-order valence-corrected chi connectivity index (χ3v) is 6.44. The lowest BCUT2D eigenvalue weighted by Crippen LogP contribution is -2.41. The molecule has 0 bridgehead atoms. The van der Waals surface area contributed by atoms with Crippen molar-refractivity contribution in [2.24, 2.45) is 5.92 Å². The van der Waals surface area contributed by atoms with Crippen molar-refractivity contribution >= 4 is 46.4 Å². The van der Waals surface area contributed by atoms with Gasteiger partial charge in [-0.2, -0.15) is 0 Å². The zero-order valence-corrected chi connectivity index (χ0v) is 20.1. The number of rotatable bonds is 8. The van der Waals surface area contributed by atoms with Gasteiger partial charge in [-0.3, -0.25) is 14.5 Å². The van der Waals surface area contributed by atoms with Crippen LogP contribution in [0.25, 0.3) is 0 Å². The Bertz CT molecular complexity index is 1010. The summed E-state index contributed by atoms with van der Waals surface area (Å²) in [6.45, 7) is 6.02. The van der Waals surface area contributed by atoms with Crippen molar-refractivity contribution in [3.05, 3.63) is 57.6 Å². The Morgan fingerprint density at radius 1 is 1.15 bits per heavy atom. The second-order valence-corrected chi connectivity index (χ2v) is 8.96. The van der Waals surface area contributed by atoms with E-state index in [9.17, 15) is 18.4 Å². The van der Waals surface area contributed by atoms with E-state index in [1.54, 1.807) is 12.1 Å². The zero-order valence-electron chi connectivity index (χ0n) is 18.6. The number of hydrogen-bond acceptors (Lipinski definition) is 3. The summed E-state index contributed by atoms with van der Waals surface area (Å²) in [5, 5.41) is 3.27. The molecule has 9 heteroatoms. The van der Waals surface area contributed by atoms with Crippen LogP contribution < -0.4 is 10.2 Å². The lowest BCUT2D eigenvalue weighted by Gasteiger charge is -2.34. The van der Waals surface area contributed by atoms with Crippen molar-refractivity contribution in [1.29, 1.82) is 0 Å². The molecule has 3 rings (SSSR count). The summed E-state index contributed by atoms with van der Waals surface area (Å²) in [5.74, 6) is -1.58. The van der Waals surface area contributed by atoms with E-state index in [0.717, 1.165) is 19.2 Å². The van der Waals surface area contributed by atoms with Gasteiger partial charge in [0.15, 0.2) is 0 Å². The molecule has 0 spiro atoms. The number of hydrogen-bond donors (Lipinski definition) is 1. The predicted molar refractivity (Wildman–Crippen MR) is 128 cm³/mol. The molecule has 0 aromatic heterocycles. The van der Waals surface area contributed by atoms with Crippen molar-refractivity contribution in [3.8, 4) is 0 Å². The van der Waals surface area contributed by atoms with E-state index in [2.05, 4.69) is 5.32 Å². The van der Waals surface area contributed by atoms with Crippen LogP contribution in [0.15, 0.2) is 30.3 Å². The van der Waals surface area contributed by atoms with Crippen LogP contribution in [0.2, 0.25) is 10.0 Å². The second-order valence-electron chi connectivity index (χ2n) is 8.15. The monoisotopic (exact) mass is 497 g/mol. The number of likely N-dealkylation sites (N-methyl/N-ethyl adjacent to an activating group) is 1. The highest BCUT2D eigenvalue weighted by Gasteiger charge is 2.30. The summed E-state index contributed by atoms with van der Waals surface area (Å²) in [5.41, 5.74) is 1.22. The summed E-state index contributed by atoms with van der Waals surface area (Å²) in [6.07, 6.45) is 1.22. The third kappa shape index (κ3) is 6.43. The molecule has 2 aromatic carbocycles. The summed E-state index contributed by atoms with van der Waals surface area (Å²) < 4.78 is 27.3. The number of carbonyl (C=O) groups is 2. The Morgan fingerprint density at radius 2 is 1.82 bits per heavy atom. The van der Waals surface area contributed by atoms with Gasteiger partial charge < -0.3 is 10.2 Å². The minimum absolute atomic E-state index is 0.0387. The fraction of sp³-hybridized carbons (Fsp3) is 0.417. The van der Waals surface area contributed by atoms with E-state index >= 15 is 0 Å². The number of carbonyl (C=O) groups excluding carboxylic acids is 2. The maximum Gasteiger partial charge on any atom is 0.238 e. The lowest BCUT2D eigenvalue weighted by atomic mass is 9.90. The summed E-state index contributed by atoms with van der Waals surface area (Å²) in [4.78, 5) is 28.5. The zero-order chi connectivity index (χ0) is 24.1. The Balaban J connectivity index is 1.75. The van der Waals surface area contributed by atoms with Gasteiger partial charge in [0, 0.05) is 24.7 Å². The molecule has 1 atom stereocenters. The molecule has 1 unspecified atom stereocenters. The number of nitrogens with zero attached hydrogens (tertiary/aromatic N) is 2. The molecule has 0 radical (unpaired) electrons. The molecule has 178 valence electrons. The first-order valence-corrected chi connectivity index (χ1v) is 11.7. The van der Waals surface area contributed by atoms with Crippen molar-refractivity contribution in [2.75, 3.05) is 36.4 Å². The topological polar surface area (TPSA) is 52.7 Å². The molecule has 1 fully saturated rings. The molecule has 1 saturated heterocycles. The Morgan fingerprint density at radius 3 is 2.42 bits per heavy atom. The molecule has 1 aliphatic rings. The number of halogens is 4. The van der Waals surface area contributed by atoms with E-state index in [1.165, 1.54) is 17.0 Å². The maximum absolute atomic E-state index is 14.1. The average molecular weight is 498 g/mol. The molecule has 1 aliphatic heterocycles. The van der Waals surface area contributed by atoms with Gasteiger partial charge in [-0.15, -0.1) is 0 Å². The summed E-state index contributed by atoms with van der Waals surface area (Å²) >= 11 is 13.0. The van der Waals surface area contributed by atoms with E-state index < -0.39 is 11.6 Å². The van der Waals surface area contributed by atoms with Crippen molar-refractivity contribution < 1.29 is 18.4 Å². The quantitative estimate of drug-likeness (QED) is 0.520. The van der Waals surface area contributed by atoms with Crippen LogP contribution in [0, 0.1) is 17.6 Å². The lowest BCUT2D eigenvalue weighted by molar-refractivity contribution is -0.120. The largest absolute Gasteiger partial charge is 0.325 e. The van der Waals surface area contributed by atoms with Gasteiger partial charge in [-0.25, -0.2) is 8.78 Å². The smallest absolute Gasteiger partial charge is 0.238 e. The maximum atomic E-state index is 14.1. The minimum atomic E-state index is -0.625. The van der Waals surface area contributed by atoms with Gasteiger partial charge in [0.2, 0.25) is 11.8 Å². The first kappa shape index (κ1) is 25.4. The fourth-order valence-corrected chi connectivity index (χ4v) is 4.73. The number of piperidine rings is 1. The van der Waals surface area contributed by atoms with Crippen molar-refractivity contribution in [3.63, 3.8) is 0 Å². The Hall–Kier alpha value is -2.22. The number of anilines is 2. The third-order valence-electron chi connectivity index (χ3n) is 5.86. The Labute approximate surface area is 202 Å². The highest BCUT2D eigenvalue weighted by atomic mass is 35.5. The van der Waals surface area contributed by atoms with Crippen LogP contribution in [-0.2, 0) is 16.0 Å². The second kappa shape index (κ2) is 11.3. The first-order valence-electron chi connectivity index (χ1n) is 11.0. The Kier molecular flexibility index (Phi) is 8.68. The van der Waals surface area contributed by atoms with E-state index in [1.807, 2.05) is 18.7 Å². The highest BCUT2D eigenvalue weighted by Crippen LogP contribution is 2.39. The van der Waals surface area contributed by atoms with Crippen LogP contribution in [0.5, 0.6) is 0 Å². The SMILES string of the molecule is CCN(CC)CC(=O)Nc1cc(Cl)c(N2CC(Cc3ccc(F)cc3F)CCC2=O)c(Cl)c1. The highest BCUT2D eigenvalue weighted by molar-refractivity contribution is 6.40. The molecule has 1 heterocycles. The molecular weight excluding hydrogens is 471 g/mol. The van der Waals surface area contributed by atoms with Gasteiger partial charge in [0.25, 0.3) is 0 Å². The fourth-order valence-electron chi connectivity index (χ4n) is 4.04. The van der Waals surface area contributed by atoms with Crippen LogP contribution in [-0.4, -0.2) is 42.9 Å². The van der Waals surface area contributed by atoms with Gasteiger partial charge in [-0.05, 0) is 55.6 Å². The van der Waals surface area contributed by atoms with E-state index in [4.69, 9.17) is 23.2 Å². The molecule has 0 aliphatic carbocycles. The molecule has 1 N–H and O–H groups in total. The molecule has 0 saturated carbocycles. The number of amides is 2. The van der Waals surface area contributed by atoms with Crippen LogP contribution in [0.1, 0.15) is 32.3 Å². The van der Waals surface area contributed by atoms with Crippen LogP contribution in [0.4, 0.5) is 20.2 Å². The van der Waals surface area contributed by atoms with E-state index in [-0.39, 0.29) is 40.7 Å². The van der Waals surface area contributed by atoms with Gasteiger partial charge >= 0.3 is 0 Å². The minimum Gasteiger partial charge on any atom is -0.325 e. The molecule has 5 nitrogen and oxygen atoms in total. The van der Waals surface area contributed by atoms with Gasteiger partial charge in [0.1, 0.15) is 11.6 Å².